The lowest BCUT2D eigenvalue weighted by Crippen LogP contribution is -2.32. The maximum absolute atomic E-state index is 12.9. The second-order valence-corrected chi connectivity index (χ2v) is 6.25. The minimum atomic E-state index is -0.628. The highest BCUT2D eigenvalue weighted by molar-refractivity contribution is 5.92. The number of aryl methyl sites for hydroxylation is 1. The third kappa shape index (κ3) is 2.99. The summed E-state index contributed by atoms with van der Waals surface area (Å²) in [6.45, 7) is 2.14. The van der Waals surface area contributed by atoms with Crippen LogP contribution in [-0.2, 0) is 6.42 Å². The smallest absolute Gasteiger partial charge is 0.275 e. The zero-order chi connectivity index (χ0) is 18.1. The third-order valence-electron chi connectivity index (χ3n) is 4.45. The van der Waals surface area contributed by atoms with E-state index in [2.05, 4.69) is 15.2 Å². The zero-order valence-corrected chi connectivity index (χ0v) is 14.3. The first-order chi connectivity index (χ1) is 12.7. The molecule has 134 valence electrons. The molecule has 2 aromatic heterocycles. The molecule has 3 aromatic rings. The lowest BCUT2D eigenvalue weighted by atomic mass is 10.2. The number of aliphatic hydroxyl groups excluding tert-OH is 1. The Kier molecular flexibility index (Phi) is 4.26. The number of benzene rings is 1. The molecule has 1 amide bonds. The molecule has 3 heterocycles. The lowest BCUT2D eigenvalue weighted by Gasteiger charge is -2.20. The molecule has 1 saturated heterocycles. The predicted molar refractivity (Wildman–Crippen MR) is 91.6 cm³/mol. The number of nitrogens with zero attached hydrogens (tertiary/aromatic N) is 5. The highest BCUT2D eigenvalue weighted by atomic mass is 16.5. The Bertz CT molecular complexity index is 904. The van der Waals surface area contributed by atoms with Gasteiger partial charge in [-0.3, -0.25) is 4.79 Å². The van der Waals surface area contributed by atoms with Crippen LogP contribution in [0.1, 0.15) is 41.6 Å². The summed E-state index contributed by atoms with van der Waals surface area (Å²) in [5.74, 6) is 0.675. The molecule has 8 heteroatoms. The van der Waals surface area contributed by atoms with E-state index in [0.29, 0.717) is 30.3 Å². The Labute approximate surface area is 150 Å². The number of aromatic nitrogens is 4. The summed E-state index contributed by atoms with van der Waals surface area (Å²) in [6.07, 6.45) is 2.13. The molecule has 1 N–H and O–H groups in total. The van der Waals surface area contributed by atoms with E-state index in [0.717, 1.165) is 5.69 Å². The lowest BCUT2D eigenvalue weighted by molar-refractivity contribution is 0.0687. The number of aliphatic hydroxyl groups is 1. The molecule has 0 spiro atoms. The number of carbonyl (C=O) groups excluding carboxylic acids is 1. The van der Waals surface area contributed by atoms with Crippen LogP contribution in [0.15, 0.2) is 47.1 Å². The first-order valence-corrected chi connectivity index (χ1v) is 8.58. The van der Waals surface area contributed by atoms with E-state index in [1.807, 2.05) is 37.3 Å². The monoisotopic (exact) mass is 353 g/mol. The number of para-hydroxylation sites is 1. The van der Waals surface area contributed by atoms with Gasteiger partial charge in [-0.2, -0.15) is 10.1 Å². The van der Waals surface area contributed by atoms with Crippen LogP contribution in [0.3, 0.4) is 0 Å². The molecular weight excluding hydrogens is 334 g/mol. The molecule has 2 atom stereocenters. The van der Waals surface area contributed by atoms with Crippen molar-refractivity contribution in [2.24, 2.45) is 0 Å². The van der Waals surface area contributed by atoms with E-state index >= 15 is 0 Å². The van der Waals surface area contributed by atoms with Gasteiger partial charge in [-0.15, -0.1) is 0 Å². The zero-order valence-electron chi connectivity index (χ0n) is 14.3. The molecule has 8 nitrogen and oxygen atoms in total. The highest BCUT2D eigenvalue weighted by Crippen LogP contribution is 2.32. The van der Waals surface area contributed by atoms with Crippen LogP contribution in [0.2, 0.25) is 0 Å². The number of hydrogen-bond acceptors (Lipinski definition) is 6. The second-order valence-electron chi connectivity index (χ2n) is 6.25. The van der Waals surface area contributed by atoms with Gasteiger partial charge in [0.05, 0.1) is 11.8 Å². The Morgan fingerprint density at radius 1 is 1.31 bits per heavy atom. The number of β-amino-alcohol motifs (C(OH)–C–C–N with tert-alkyl or cyclic N) is 1. The van der Waals surface area contributed by atoms with Gasteiger partial charge in [-0.25, -0.2) is 4.68 Å². The van der Waals surface area contributed by atoms with Crippen molar-refractivity contribution in [2.45, 2.75) is 31.9 Å². The van der Waals surface area contributed by atoms with Gasteiger partial charge in [0, 0.05) is 25.6 Å². The van der Waals surface area contributed by atoms with Crippen LogP contribution in [-0.4, -0.2) is 48.5 Å². The van der Waals surface area contributed by atoms with E-state index in [-0.39, 0.29) is 12.5 Å². The van der Waals surface area contributed by atoms with Crippen LogP contribution in [0, 0.1) is 0 Å². The van der Waals surface area contributed by atoms with Crippen LogP contribution in [0.5, 0.6) is 0 Å². The van der Waals surface area contributed by atoms with Crippen LogP contribution >= 0.6 is 0 Å². The summed E-state index contributed by atoms with van der Waals surface area (Å²) >= 11 is 0. The van der Waals surface area contributed by atoms with Gasteiger partial charge in [0.25, 0.3) is 5.91 Å². The standard InChI is InChI=1S/C18H19N5O3/c1-2-16-19-17(26-21-16)15-10-13(24)11-22(15)18(25)14-8-9-23(20-14)12-6-4-3-5-7-12/h3-9,13,15,24H,2,10-11H2,1H3/t13-,15+/m0/s1. The van der Waals surface area contributed by atoms with Crippen molar-refractivity contribution in [1.82, 2.24) is 24.8 Å². The maximum Gasteiger partial charge on any atom is 0.275 e. The Hall–Kier alpha value is -3.00. The molecule has 0 radical (unpaired) electrons. The SMILES string of the molecule is CCc1noc([C@H]2C[C@H](O)CN2C(=O)c2ccn(-c3ccccc3)n2)n1. The average Bonchev–Trinajstić information content (AvgIpc) is 3.40. The minimum absolute atomic E-state index is 0.214. The van der Waals surface area contributed by atoms with Gasteiger partial charge in [0.2, 0.25) is 5.89 Å². The van der Waals surface area contributed by atoms with Crippen molar-refractivity contribution in [3.05, 3.63) is 60.0 Å². The number of rotatable bonds is 4. The first-order valence-electron chi connectivity index (χ1n) is 8.58. The summed E-state index contributed by atoms with van der Waals surface area (Å²) < 4.78 is 6.94. The topological polar surface area (TPSA) is 97.3 Å². The van der Waals surface area contributed by atoms with Crippen LogP contribution < -0.4 is 0 Å². The van der Waals surface area contributed by atoms with Crippen molar-refractivity contribution in [3.8, 4) is 5.69 Å². The molecule has 4 rings (SSSR count). The van der Waals surface area contributed by atoms with Crippen LogP contribution in [0.4, 0.5) is 0 Å². The molecule has 26 heavy (non-hydrogen) atoms. The van der Waals surface area contributed by atoms with E-state index in [4.69, 9.17) is 4.52 Å². The Morgan fingerprint density at radius 2 is 2.12 bits per heavy atom. The van der Waals surface area contributed by atoms with Crippen molar-refractivity contribution in [3.63, 3.8) is 0 Å². The number of hydrogen-bond donors (Lipinski definition) is 1. The Balaban J connectivity index is 1.59. The molecule has 0 aliphatic carbocycles. The molecular formula is C18H19N5O3. The number of likely N-dealkylation sites (tertiary alicyclic amines) is 1. The summed E-state index contributed by atoms with van der Waals surface area (Å²) in [7, 11) is 0. The second kappa shape index (κ2) is 6.72. The van der Waals surface area contributed by atoms with E-state index in [9.17, 15) is 9.90 Å². The Morgan fingerprint density at radius 3 is 2.85 bits per heavy atom. The summed E-state index contributed by atoms with van der Waals surface area (Å²) in [5.41, 5.74) is 1.18. The summed E-state index contributed by atoms with van der Waals surface area (Å²) in [4.78, 5) is 18.8. The van der Waals surface area contributed by atoms with Gasteiger partial charge in [0.15, 0.2) is 11.5 Å². The summed E-state index contributed by atoms with van der Waals surface area (Å²) in [6, 6.07) is 10.8. The molecule has 0 saturated carbocycles. The van der Waals surface area contributed by atoms with Crippen molar-refractivity contribution < 1.29 is 14.4 Å². The fourth-order valence-corrected chi connectivity index (χ4v) is 3.13. The maximum atomic E-state index is 12.9. The largest absolute Gasteiger partial charge is 0.391 e. The molecule has 1 fully saturated rings. The van der Waals surface area contributed by atoms with E-state index in [1.54, 1.807) is 21.8 Å². The number of amides is 1. The molecule has 1 aliphatic heterocycles. The van der Waals surface area contributed by atoms with E-state index in [1.165, 1.54) is 0 Å². The molecule has 1 aromatic carbocycles. The minimum Gasteiger partial charge on any atom is -0.391 e. The van der Waals surface area contributed by atoms with Gasteiger partial charge in [-0.05, 0) is 18.2 Å². The van der Waals surface area contributed by atoms with Crippen molar-refractivity contribution in [2.75, 3.05) is 6.54 Å². The van der Waals surface area contributed by atoms with Crippen molar-refractivity contribution in [1.29, 1.82) is 0 Å². The fraction of sp³-hybridized carbons (Fsp3) is 0.333. The highest BCUT2D eigenvalue weighted by Gasteiger charge is 2.39. The number of carbonyl (C=O) groups is 1. The first kappa shape index (κ1) is 16.5. The van der Waals surface area contributed by atoms with Crippen LogP contribution in [0.25, 0.3) is 5.69 Å². The van der Waals surface area contributed by atoms with Gasteiger partial charge < -0.3 is 14.5 Å². The molecule has 0 unspecified atom stereocenters. The van der Waals surface area contributed by atoms with Gasteiger partial charge >= 0.3 is 0 Å². The molecule has 1 aliphatic rings. The molecule has 0 bridgehead atoms. The average molecular weight is 353 g/mol. The van der Waals surface area contributed by atoms with Gasteiger partial charge in [-0.1, -0.05) is 30.3 Å². The quantitative estimate of drug-likeness (QED) is 0.768. The predicted octanol–water partition coefficient (Wildman–Crippen LogP) is 1.77. The fourth-order valence-electron chi connectivity index (χ4n) is 3.13. The van der Waals surface area contributed by atoms with E-state index < -0.39 is 12.1 Å². The van der Waals surface area contributed by atoms with Crippen molar-refractivity contribution >= 4 is 5.91 Å². The summed E-state index contributed by atoms with van der Waals surface area (Å²) in [5, 5.41) is 18.3. The third-order valence-corrected chi connectivity index (χ3v) is 4.45. The van der Waals surface area contributed by atoms with Gasteiger partial charge in [0.1, 0.15) is 6.04 Å². The normalized spacial score (nSPS) is 19.8.